The fourth-order valence-corrected chi connectivity index (χ4v) is 2.92. The molecule has 0 aliphatic heterocycles. The summed E-state index contributed by atoms with van der Waals surface area (Å²) in [7, 11) is 0. The van der Waals surface area contributed by atoms with Crippen LogP contribution in [0.1, 0.15) is 25.3 Å². The number of hydrogen-bond acceptors (Lipinski definition) is 2. The molecule has 0 radical (unpaired) electrons. The van der Waals surface area contributed by atoms with Crippen molar-refractivity contribution in [1.82, 2.24) is 10.2 Å². The molecule has 0 atom stereocenters. The van der Waals surface area contributed by atoms with Crippen LogP contribution in [0.5, 0.6) is 0 Å². The monoisotopic (exact) mass is 373 g/mol. The van der Waals surface area contributed by atoms with E-state index in [1.54, 1.807) is 0 Å². The van der Waals surface area contributed by atoms with Crippen molar-refractivity contribution in [2.24, 2.45) is 0 Å². The van der Waals surface area contributed by atoms with Crippen molar-refractivity contribution in [2.45, 2.75) is 26.2 Å². The molecule has 26 heavy (non-hydrogen) atoms. The molecule has 4 nitrogen and oxygen atoms in total. The molecular weight excluding hydrogens is 346 g/mol. The van der Waals surface area contributed by atoms with E-state index in [1.165, 1.54) is 5.56 Å². The lowest BCUT2D eigenvalue weighted by molar-refractivity contribution is 0.248. The Morgan fingerprint density at radius 1 is 1.00 bits per heavy atom. The molecule has 0 bridgehead atoms. The fourth-order valence-electron chi connectivity index (χ4n) is 2.79. The molecule has 0 heterocycles. The van der Waals surface area contributed by atoms with Gasteiger partial charge >= 0.3 is 6.03 Å². The molecule has 2 amide bonds. The van der Waals surface area contributed by atoms with Gasteiger partial charge in [0, 0.05) is 23.8 Å². The van der Waals surface area contributed by atoms with Gasteiger partial charge in [0.2, 0.25) is 0 Å². The predicted octanol–water partition coefficient (Wildman–Crippen LogP) is 4.81. The minimum absolute atomic E-state index is 0.153. The van der Waals surface area contributed by atoms with Crippen LogP contribution >= 0.6 is 11.6 Å². The summed E-state index contributed by atoms with van der Waals surface area (Å²) < 4.78 is 0. The third-order valence-electron chi connectivity index (χ3n) is 4.14. The third kappa shape index (κ3) is 7.89. The van der Waals surface area contributed by atoms with Gasteiger partial charge in [-0.2, -0.15) is 0 Å². The van der Waals surface area contributed by atoms with E-state index in [4.69, 9.17) is 11.6 Å². The number of urea groups is 1. The number of halogens is 1. The highest BCUT2D eigenvalue weighted by Crippen LogP contribution is 2.10. The first kappa shape index (κ1) is 20.3. The maximum Gasteiger partial charge on any atom is 0.319 e. The lowest BCUT2D eigenvalue weighted by Crippen LogP contribution is -2.33. The highest BCUT2D eigenvalue weighted by molar-refractivity contribution is 6.30. The van der Waals surface area contributed by atoms with Crippen molar-refractivity contribution in [3.8, 4) is 0 Å². The second-order valence-electron chi connectivity index (χ2n) is 6.32. The number of carbonyl (C=O) groups is 1. The summed E-state index contributed by atoms with van der Waals surface area (Å²) in [6, 6.07) is 17.4. The molecule has 0 fully saturated rings. The quantitative estimate of drug-likeness (QED) is 0.587. The van der Waals surface area contributed by atoms with Gasteiger partial charge < -0.3 is 15.5 Å². The topological polar surface area (TPSA) is 44.4 Å². The normalized spacial score (nSPS) is 10.7. The minimum Gasteiger partial charge on any atom is -0.338 e. The van der Waals surface area contributed by atoms with E-state index >= 15 is 0 Å². The zero-order valence-electron chi connectivity index (χ0n) is 15.4. The van der Waals surface area contributed by atoms with Gasteiger partial charge in [-0.1, -0.05) is 48.9 Å². The number of para-hydroxylation sites is 1. The van der Waals surface area contributed by atoms with Crippen LogP contribution in [0.2, 0.25) is 5.02 Å². The number of benzene rings is 2. The Hall–Kier alpha value is -2.04. The fraction of sp³-hybridized carbons (Fsp3) is 0.381. The minimum atomic E-state index is -0.153. The van der Waals surface area contributed by atoms with Crippen molar-refractivity contribution in [1.29, 1.82) is 0 Å². The van der Waals surface area contributed by atoms with Crippen LogP contribution in [0.4, 0.5) is 10.5 Å². The lowest BCUT2D eigenvalue weighted by atomic mass is 10.1. The molecule has 5 heteroatoms. The number of carbonyl (C=O) groups excluding carboxylic acids is 1. The van der Waals surface area contributed by atoms with E-state index in [-0.39, 0.29) is 6.03 Å². The standard InChI is InChI=1S/C21H28ClN3O/c1-2-15-25(17-13-18-9-11-19(22)12-10-18)16-6-14-23-21(26)24-20-7-4-3-5-8-20/h3-5,7-12H,2,6,13-17H2,1H3,(H2,23,24,26). The van der Waals surface area contributed by atoms with Gasteiger partial charge in [0.25, 0.3) is 0 Å². The third-order valence-corrected chi connectivity index (χ3v) is 4.39. The molecule has 0 aromatic heterocycles. The van der Waals surface area contributed by atoms with Crippen molar-refractivity contribution >= 4 is 23.3 Å². The van der Waals surface area contributed by atoms with Crippen LogP contribution in [0.15, 0.2) is 54.6 Å². The molecule has 0 spiro atoms. The number of nitrogens with one attached hydrogen (secondary N) is 2. The molecule has 2 aromatic carbocycles. The highest BCUT2D eigenvalue weighted by Gasteiger charge is 2.06. The van der Waals surface area contributed by atoms with Crippen molar-refractivity contribution in [3.05, 3.63) is 65.2 Å². The molecule has 0 saturated heterocycles. The van der Waals surface area contributed by atoms with Crippen LogP contribution in [0.25, 0.3) is 0 Å². The first-order valence-corrected chi connectivity index (χ1v) is 9.62. The molecule has 0 saturated carbocycles. The largest absolute Gasteiger partial charge is 0.338 e. The summed E-state index contributed by atoms with van der Waals surface area (Å²) in [6.45, 7) is 5.93. The molecular formula is C21H28ClN3O. The summed E-state index contributed by atoms with van der Waals surface area (Å²) in [6.07, 6.45) is 3.07. The number of nitrogens with zero attached hydrogens (tertiary/aromatic N) is 1. The van der Waals surface area contributed by atoms with Crippen molar-refractivity contribution in [2.75, 3.05) is 31.5 Å². The van der Waals surface area contributed by atoms with Gasteiger partial charge in [-0.25, -0.2) is 4.79 Å². The number of hydrogen-bond donors (Lipinski definition) is 2. The Morgan fingerprint density at radius 3 is 2.42 bits per heavy atom. The van der Waals surface area contributed by atoms with Crippen LogP contribution < -0.4 is 10.6 Å². The average Bonchev–Trinajstić information content (AvgIpc) is 2.65. The maximum atomic E-state index is 11.9. The van der Waals surface area contributed by atoms with E-state index in [1.807, 2.05) is 42.5 Å². The van der Waals surface area contributed by atoms with Crippen LogP contribution in [0.3, 0.4) is 0 Å². The van der Waals surface area contributed by atoms with Crippen molar-refractivity contribution in [3.63, 3.8) is 0 Å². The van der Waals surface area contributed by atoms with Gasteiger partial charge in [-0.3, -0.25) is 0 Å². The van der Waals surface area contributed by atoms with Gasteiger partial charge in [0.15, 0.2) is 0 Å². The summed E-state index contributed by atoms with van der Waals surface area (Å²) in [5.41, 5.74) is 2.11. The van der Waals surface area contributed by atoms with Crippen LogP contribution in [-0.4, -0.2) is 37.1 Å². The van der Waals surface area contributed by atoms with Crippen LogP contribution in [0, 0.1) is 0 Å². The first-order valence-electron chi connectivity index (χ1n) is 9.24. The van der Waals surface area contributed by atoms with Gasteiger partial charge in [-0.05, 0) is 62.2 Å². The maximum absolute atomic E-state index is 11.9. The molecule has 0 aliphatic carbocycles. The predicted molar refractivity (Wildman–Crippen MR) is 110 cm³/mol. The zero-order chi connectivity index (χ0) is 18.6. The molecule has 0 unspecified atom stereocenters. The van der Waals surface area contributed by atoms with Crippen molar-refractivity contribution < 1.29 is 4.79 Å². The van der Waals surface area contributed by atoms with Gasteiger partial charge in [0.1, 0.15) is 0 Å². The van der Waals surface area contributed by atoms with E-state index in [2.05, 4.69) is 34.6 Å². The SMILES string of the molecule is CCCN(CCCNC(=O)Nc1ccccc1)CCc1ccc(Cl)cc1. The second-order valence-corrected chi connectivity index (χ2v) is 6.76. The van der Waals surface area contributed by atoms with Gasteiger partial charge in [0.05, 0.1) is 0 Å². The zero-order valence-corrected chi connectivity index (χ0v) is 16.1. The molecule has 0 aliphatic rings. The summed E-state index contributed by atoms with van der Waals surface area (Å²) in [5, 5.41) is 6.53. The Bertz CT molecular complexity index is 646. The van der Waals surface area contributed by atoms with Gasteiger partial charge in [-0.15, -0.1) is 0 Å². The van der Waals surface area contributed by atoms with E-state index in [0.717, 1.165) is 49.6 Å². The Kier molecular flexibility index (Phi) is 9.01. The molecule has 2 N–H and O–H groups in total. The summed E-state index contributed by atoms with van der Waals surface area (Å²) >= 11 is 5.94. The number of rotatable bonds is 10. The first-order chi connectivity index (χ1) is 12.7. The molecule has 2 rings (SSSR count). The molecule has 2 aromatic rings. The second kappa shape index (κ2) is 11.6. The molecule has 140 valence electrons. The smallest absolute Gasteiger partial charge is 0.319 e. The van der Waals surface area contributed by atoms with E-state index in [9.17, 15) is 4.79 Å². The van der Waals surface area contributed by atoms with E-state index in [0.29, 0.717) is 6.54 Å². The Balaban J connectivity index is 1.65. The highest BCUT2D eigenvalue weighted by atomic mass is 35.5. The van der Waals surface area contributed by atoms with Crippen LogP contribution in [-0.2, 0) is 6.42 Å². The van der Waals surface area contributed by atoms with E-state index < -0.39 is 0 Å². The summed E-state index contributed by atoms with van der Waals surface area (Å²) in [5.74, 6) is 0. The summed E-state index contributed by atoms with van der Waals surface area (Å²) in [4.78, 5) is 14.3. The Labute approximate surface area is 161 Å². The average molecular weight is 374 g/mol. The number of anilines is 1. The Morgan fingerprint density at radius 2 is 1.73 bits per heavy atom. The lowest BCUT2D eigenvalue weighted by Gasteiger charge is -2.21. The number of amides is 2.